The topological polar surface area (TPSA) is 51.5 Å². The molecule has 0 unspecified atom stereocenters. The number of ether oxygens (including phenoxy) is 1. The molecule has 0 amide bonds. The molecule has 0 aliphatic rings. The molecule has 1 N–H and O–H groups in total. The predicted molar refractivity (Wildman–Crippen MR) is 125 cm³/mol. The lowest BCUT2D eigenvalue weighted by Crippen LogP contribution is -2.26. The monoisotopic (exact) mass is 413 g/mol. The number of fused-ring (bicyclic) bond motifs is 1. The average Bonchev–Trinajstić information content (AvgIpc) is 3.15. The number of carbonyl (C=O) groups is 1. The lowest BCUT2D eigenvalue weighted by atomic mass is 9.98. The van der Waals surface area contributed by atoms with Gasteiger partial charge in [-0.3, -0.25) is 4.79 Å². The van der Waals surface area contributed by atoms with Gasteiger partial charge in [-0.2, -0.15) is 0 Å². The largest absolute Gasteiger partial charge is 0.459 e. The van der Waals surface area contributed by atoms with Crippen molar-refractivity contribution in [1.29, 1.82) is 0 Å². The van der Waals surface area contributed by atoms with Crippen molar-refractivity contribution >= 4 is 16.7 Å². The van der Waals surface area contributed by atoms with E-state index >= 15 is 0 Å². The van der Waals surface area contributed by atoms with Gasteiger partial charge in [0.2, 0.25) is 0 Å². The molecule has 158 valence electrons. The first-order chi connectivity index (χ1) is 14.9. The highest BCUT2D eigenvalue weighted by Crippen LogP contribution is 2.34. The molecule has 4 aromatic rings. The standard InChI is InChI=1S/C27H27NO3/c1-27(2,3)31-26(30)17-28-24(19-9-5-4-6-10-19)15-16-25(28)23-14-8-12-21-20(18-29)11-7-13-22(21)23/h4-16,29H,17-18H2,1-3H3. The van der Waals surface area contributed by atoms with Gasteiger partial charge >= 0.3 is 5.97 Å². The summed E-state index contributed by atoms with van der Waals surface area (Å²) in [6.07, 6.45) is 0. The fourth-order valence-corrected chi connectivity index (χ4v) is 3.97. The summed E-state index contributed by atoms with van der Waals surface area (Å²) in [5.41, 5.74) is 4.27. The van der Waals surface area contributed by atoms with Crippen LogP contribution < -0.4 is 0 Å². The molecule has 0 aliphatic carbocycles. The van der Waals surface area contributed by atoms with Crippen LogP contribution in [0.25, 0.3) is 33.3 Å². The number of aliphatic hydroxyl groups excluding tert-OH is 1. The van der Waals surface area contributed by atoms with E-state index in [-0.39, 0.29) is 19.1 Å². The van der Waals surface area contributed by atoms with E-state index in [1.54, 1.807) is 0 Å². The Morgan fingerprint density at radius 1 is 0.839 bits per heavy atom. The number of carbonyl (C=O) groups excluding carboxylic acids is 1. The minimum Gasteiger partial charge on any atom is -0.459 e. The minimum absolute atomic E-state index is 0.0189. The van der Waals surface area contributed by atoms with Gasteiger partial charge < -0.3 is 14.4 Å². The SMILES string of the molecule is CC(C)(C)OC(=O)Cn1c(-c2ccccc2)ccc1-c1cccc2c(CO)cccc12. The van der Waals surface area contributed by atoms with E-state index in [0.29, 0.717) is 0 Å². The highest BCUT2D eigenvalue weighted by Gasteiger charge is 2.21. The molecule has 0 radical (unpaired) electrons. The molecule has 0 aliphatic heterocycles. The lowest BCUT2D eigenvalue weighted by molar-refractivity contribution is -0.155. The van der Waals surface area contributed by atoms with E-state index < -0.39 is 5.60 Å². The quantitative estimate of drug-likeness (QED) is 0.420. The van der Waals surface area contributed by atoms with Gasteiger partial charge in [-0.15, -0.1) is 0 Å². The molecule has 0 atom stereocenters. The van der Waals surface area contributed by atoms with E-state index in [2.05, 4.69) is 12.1 Å². The summed E-state index contributed by atoms with van der Waals surface area (Å²) >= 11 is 0. The van der Waals surface area contributed by atoms with Gasteiger partial charge in [-0.1, -0.05) is 66.7 Å². The Bertz CT molecular complexity index is 1220. The van der Waals surface area contributed by atoms with Crippen LogP contribution in [-0.4, -0.2) is 21.2 Å². The van der Waals surface area contributed by atoms with E-state index in [4.69, 9.17) is 4.74 Å². The highest BCUT2D eigenvalue weighted by atomic mass is 16.6. The molecule has 4 rings (SSSR count). The van der Waals surface area contributed by atoms with Crippen LogP contribution in [0.2, 0.25) is 0 Å². The molecular weight excluding hydrogens is 386 g/mol. The third-order valence-corrected chi connectivity index (χ3v) is 5.22. The molecule has 0 bridgehead atoms. The Balaban J connectivity index is 1.88. The second-order valence-electron chi connectivity index (χ2n) is 8.62. The van der Waals surface area contributed by atoms with E-state index in [1.165, 1.54) is 0 Å². The third kappa shape index (κ3) is 4.39. The Kier molecular flexibility index (Phi) is 5.66. The van der Waals surface area contributed by atoms with Gasteiger partial charge in [-0.25, -0.2) is 0 Å². The van der Waals surface area contributed by atoms with E-state index in [9.17, 15) is 9.90 Å². The smallest absolute Gasteiger partial charge is 0.326 e. The summed E-state index contributed by atoms with van der Waals surface area (Å²) in [6, 6.07) is 26.1. The molecule has 31 heavy (non-hydrogen) atoms. The molecular formula is C27H27NO3. The van der Waals surface area contributed by atoms with Crippen molar-refractivity contribution < 1.29 is 14.6 Å². The molecule has 4 nitrogen and oxygen atoms in total. The molecule has 0 spiro atoms. The third-order valence-electron chi connectivity index (χ3n) is 5.22. The van der Waals surface area contributed by atoms with Crippen molar-refractivity contribution in [2.45, 2.75) is 39.5 Å². The van der Waals surface area contributed by atoms with Crippen LogP contribution >= 0.6 is 0 Å². The number of aromatic nitrogens is 1. The van der Waals surface area contributed by atoms with Gasteiger partial charge in [0.25, 0.3) is 0 Å². The maximum atomic E-state index is 12.8. The summed E-state index contributed by atoms with van der Waals surface area (Å²) in [7, 11) is 0. The minimum atomic E-state index is -0.549. The highest BCUT2D eigenvalue weighted by molar-refractivity contribution is 5.98. The lowest BCUT2D eigenvalue weighted by Gasteiger charge is -2.21. The molecule has 0 saturated heterocycles. The van der Waals surface area contributed by atoms with Crippen LogP contribution in [0.5, 0.6) is 0 Å². The summed E-state index contributed by atoms with van der Waals surface area (Å²) in [4.78, 5) is 12.8. The normalized spacial score (nSPS) is 11.6. The molecule has 3 aromatic carbocycles. The average molecular weight is 414 g/mol. The summed E-state index contributed by atoms with van der Waals surface area (Å²) in [6.45, 7) is 5.72. The Morgan fingerprint density at radius 3 is 2.23 bits per heavy atom. The number of benzene rings is 3. The van der Waals surface area contributed by atoms with Gasteiger partial charge in [0, 0.05) is 17.0 Å². The number of esters is 1. The van der Waals surface area contributed by atoms with Crippen LogP contribution in [0, 0.1) is 0 Å². The summed E-state index contributed by atoms with van der Waals surface area (Å²) in [5.74, 6) is -0.279. The second kappa shape index (κ2) is 8.40. The summed E-state index contributed by atoms with van der Waals surface area (Å²) in [5, 5.41) is 11.8. The maximum absolute atomic E-state index is 12.8. The number of nitrogens with zero attached hydrogens (tertiary/aromatic N) is 1. The van der Waals surface area contributed by atoms with Gasteiger partial charge in [0.15, 0.2) is 0 Å². The number of hydrogen-bond donors (Lipinski definition) is 1. The van der Waals surface area contributed by atoms with Crippen molar-refractivity contribution in [2.75, 3.05) is 0 Å². The van der Waals surface area contributed by atoms with Crippen molar-refractivity contribution in [3.63, 3.8) is 0 Å². The van der Waals surface area contributed by atoms with Crippen molar-refractivity contribution in [3.05, 3.63) is 84.4 Å². The van der Waals surface area contributed by atoms with Crippen molar-refractivity contribution in [3.8, 4) is 22.5 Å². The molecule has 4 heteroatoms. The fraction of sp³-hybridized carbons (Fsp3) is 0.222. The molecule has 1 aromatic heterocycles. The van der Waals surface area contributed by atoms with Gasteiger partial charge in [0.1, 0.15) is 12.1 Å². The van der Waals surface area contributed by atoms with Gasteiger partial charge in [0.05, 0.1) is 6.61 Å². The Morgan fingerprint density at radius 2 is 1.52 bits per heavy atom. The first kappa shape index (κ1) is 20.9. The number of hydrogen-bond acceptors (Lipinski definition) is 3. The summed E-state index contributed by atoms with van der Waals surface area (Å²) < 4.78 is 7.64. The van der Waals surface area contributed by atoms with Crippen LogP contribution in [-0.2, 0) is 22.7 Å². The van der Waals surface area contributed by atoms with Crippen molar-refractivity contribution in [1.82, 2.24) is 4.57 Å². The van der Waals surface area contributed by atoms with Crippen LogP contribution in [0.1, 0.15) is 26.3 Å². The zero-order chi connectivity index (χ0) is 22.0. The first-order valence-electron chi connectivity index (χ1n) is 10.5. The molecule has 0 saturated carbocycles. The Labute approximate surface area is 182 Å². The maximum Gasteiger partial charge on any atom is 0.326 e. The molecule has 1 heterocycles. The Hall–Kier alpha value is -3.37. The number of aliphatic hydroxyl groups is 1. The fourth-order valence-electron chi connectivity index (χ4n) is 3.97. The van der Waals surface area contributed by atoms with Crippen LogP contribution in [0.4, 0.5) is 0 Å². The molecule has 0 fully saturated rings. The number of rotatable bonds is 5. The van der Waals surface area contributed by atoms with Gasteiger partial charge in [-0.05, 0) is 54.8 Å². The van der Waals surface area contributed by atoms with Crippen LogP contribution in [0.15, 0.2) is 78.9 Å². The zero-order valence-corrected chi connectivity index (χ0v) is 18.1. The van der Waals surface area contributed by atoms with E-state index in [0.717, 1.165) is 38.9 Å². The van der Waals surface area contributed by atoms with E-state index in [1.807, 2.05) is 92.1 Å². The van der Waals surface area contributed by atoms with Crippen molar-refractivity contribution in [2.24, 2.45) is 0 Å². The predicted octanol–water partition coefficient (Wildman–Crippen LogP) is 5.81. The second-order valence-corrected chi connectivity index (χ2v) is 8.62. The van der Waals surface area contributed by atoms with Crippen LogP contribution in [0.3, 0.4) is 0 Å². The first-order valence-corrected chi connectivity index (χ1v) is 10.5. The zero-order valence-electron chi connectivity index (χ0n) is 18.1.